The number of nitrogens with two attached hydrogens (primary N) is 2. The van der Waals surface area contributed by atoms with Crippen molar-refractivity contribution in [1.29, 1.82) is 5.41 Å². The lowest BCUT2D eigenvalue weighted by atomic mass is 9.98. The second kappa shape index (κ2) is 17.7. The van der Waals surface area contributed by atoms with Crippen LogP contribution >= 0.6 is 0 Å². The van der Waals surface area contributed by atoms with Crippen LogP contribution < -0.4 is 11.5 Å². The number of anilines is 1. The maximum atomic E-state index is 9.58. The number of fused-ring (bicyclic) bond motifs is 6. The van der Waals surface area contributed by atoms with Crippen LogP contribution in [0.3, 0.4) is 0 Å². The smallest absolute Gasteiger partial charge is 0.229 e. The van der Waals surface area contributed by atoms with Crippen molar-refractivity contribution in [3.8, 4) is 27.9 Å². The van der Waals surface area contributed by atoms with Gasteiger partial charge in [0, 0.05) is 32.8 Å². The molecule has 0 saturated heterocycles. The van der Waals surface area contributed by atoms with Crippen LogP contribution in [0.15, 0.2) is 223 Å². The van der Waals surface area contributed by atoms with E-state index in [2.05, 4.69) is 169 Å². The van der Waals surface area contributed by atoms with Crippen LogP contribution in [0, 0.1) is 12.3 Å². The Morgan fingerprint density at radius 2 is 1.06 bits per heavy atom. The number of hydrogen-bond acceptors (Lipinski definition) is 2. The first kappa shape index (κ1) is 40.6. The van der Waals surface area contributed by atoms with Crippen molar-refractivity contribution >= 4 is 61.1 Å². The summed E-state index contributed by atoms with van der Waals surface area (Å²) in [5.74, 6) is 0.308. The Balaban J connectivity index is 0.000000329. The zero-order valence-corrected chi connectivity index (χ0v) is 36.2. The van der Waals surface area contributed by atoms with Gasteiger partial charge >= 0.3 is 0 Å². The molecule has 0 aliphatic rings. The van der Waals surface area contributed by atoms with Gasteiger partial charge in [-0.25, -0.2) is 0 Å². The molecule has 0 unspecified atom stereocenters. The molecule has 2 heterocycles. The van der Waals surface area contributed by atoms with Crippen molar-refractivity contribution in [2.24, 2.45) is 10.7 Å². The summed E-state index contributed by atoms with van der Waals surface area (Å²) >= 11 is 0. The van der Waals surface area contributed by atoms with Crippen LogP contribution in [0.1, 0.15) is 22.3 Å². The van der Waals surface area contributed by atoms with Crippen molar-refractivity contribution < 1.29 is 0 Å². The molecule has 0 spiro atoms. The molecule has 2 aromatic heterocycles. The van der Waals surface area contributed by atoms with Crippen LogP contribution in [0.25, 0.3) is 71.6 Å². The third-order valence-electron chi connectivity index (χ3n) is 12.3. The fourth-order valence-electron chi connectivity index (χ4n) is 9.07. The lowest BCUT2D eigenvalue weighted by Crippen LogP contribution is -2.19. The molecule has 0 saturated carbocycles. The zero-order valence-electron chi connectivity index (χ0n) is 36.2. The van der Waals surface area contributed by atoms with Crippen molar-refractivity contribution in [2.45, 2.75) is 19.8 Å². The number of benzene rings is 9. The summed E-state index contributed by atoms with van der Waals surface area (Å²) in [7, 11) is 0. The average Bonchev–Trinajstić information content (AvgIpc) is 3.88. The topological polar surface area (TPSA) is 98.1 Å². The van der Waals surface area contributed by atoms with Gasteiger partial charge in [-0.1, -0.05) is 188 Å². The van der Waals surface area contributed by atoms with Gasteiger partial charge < -0.3 is 16.0 Å². The largest absolute Gasteiger partial charge is 0.398 e. The molecule has 6 nitrogen and oxygen atoms in total. The van der Waals surface area contributed by atoms with Crippen molar-refractivity contribution in [2.75, 3.05) is 5.73 Å². The summed E-state index contributed by atoms with van der Waals surface area (Å²) in [6.45, 7) is 2.11. The number of nitrogens with zero attached hydrogens (tertiary/aromatic N) is 3. The standard InChI is InChI=1S/C46H36N6.C13H12/c47-38-26-28-41-43(35(38)25-23-30-13-4-1-5-14-30)36-20-12-22-42(44(36)52(41)46(49)50-45(48)32-17-8-3-9-18-32)51-39-21-11-10-19-34(39)37-29-33(24-27-40(37)51)31-15-6-2-7-16-31;1-11-7-9-13(10-8-11)12-5-3-2-4-6-12/h1-22,24,26-29H,23,25,47H2,(H3,48,49,50);2-10H,1H3. The number of amidine groups is 1. The summed E-state index contributed by atoms with van der Waals surface area (Å²) in [5.41, 5.74) is 28.2. The second-order valence-corrected chi connectivity index (χ2v) is 16.4. The molecule has 0 amide bonds. The minimum atomic E-state index is 0.0275. The number of para-hydroxylation sites is 2. The highest BCUT2D eigenvalue weighted by Crippen LogP contribution is 2.41. The molecule has 65 heavy (non-hydrogen) atoms. The van der Waals surface area contributed by atoms with E-state index in [1.54, 1.807) is 0 Å². The average molecular weight is 841 g/mol. The lowest BCUT2D eigenvalue weighted by molar-refractivity contribution is 0.972. The Morgan fingerprint density at radius 1 is 0.508 bits per heavy atom. The Morgan fingerprint density at radius 3 is 1.77 bits per heavy atom. The van der Waals surface area contributed by atoms with Gasteiger partial charge in [-0.15, -0.1) is 0 Å². The van der Waals surface area contributed by atoms with E-state index in [-0.39, 0.29) is 11.8 Å². The third kappa shape index (κ3) is 7.94. The molecule has 0 atom stereocenters. The highest BCUT2D eigenvalue weighted by molar-refractivity contribution is 6.20. The van der Waals surface area contributed by atoms with Gasteiger partial charge in [0.2, 0.25) is 5.96 Å². The molecule has 5 N–H and O–H groups in total. The highest BCUT2D eigenvalue weighted by atomic mass is 15.2. The monoisotopic (exact) mass is 840 g/mol. The summed E-state index contributed by atoms with van der Waals surface area (Å²) in [5, 5.41) is 13.9. The molecule has 0 fully saturated rings. The molecule has 0 bridgehead atoms. The van der Waals surface area contributed by atoms with Crippen LogP contribution in [0.5, 0.6) is 0 Å². The first-order chi connectivity index (χ1) is 31.9. The number of hydrogen-bond donors (Lipinski definition) is 3. The van der Waals surface area contributed by atoms with Crippen molar-refractivity contribution in [3.63, 3.8) is 0 Å². The molecular weight excluding hydrogens is 793 g/mol. The fraction of sp³-hybridized carbons (Fsp3) is 0.0508. The van der Waals surface area contributed by atoms with E-state index < -0.39 is 0 Å². The predicted octanol–water partition coefficient (Wildman–Crippen LogP) is 13.8. The molecule has 0 radical (unpaired) electrons. The fourth-order valence-corrected chi connectivity index (χ4v) is 9.07. The number of rotatable bonds is 7. The quantitative estimate of drug-likeness (QED) is 0.0846. The maximum Gasteiger partial charge on any atom is 0.229 e. The Bertz CT molecular complexity index is 3500. The molecule has 314 valence electrons. The first-order valence-electron chi connectivity index (χ1n) is 22.0. The summed E-state index contributed by atoms with van der Waals surface area (Å²) < 4.78 is 4.27. The molecule has 11 rings (SSSR count). The van der Waals surface area contributed by atoms with Gasteiger partial charge in [-0.05, 0) is 89.5 Å². The van der Waals surface area contributed by atoms with E-state index in [4.69, 9.17) is 16.5 Å². The molecule has 0 aliphatic heterocycles. The molecule has 11 aromatic rings. The van der Waals surface area contributed by atoms with Gasteiger partial charge in [0.25, 0.3) is 0 Å². The van der Waals surface area contributed by atoms with E-state index in [1.807, 2.05) is 65.2 Å². The van der Waals surface area contributed by atoms with Gasteiger partial charge in [0.1, 0.15) is 5.84 Å². The molecule has 6 heteroatoms. The summed E-state index contributed by atoms with van der Waals surface area (Å²) in [6.07, 6.45) is 1.58. The van der Waals surface area contributed by atoms with Crippen LogP contribution in [0.2, 0.25) is 0 Å². The van der Waals surface area contributed by atoms with Crippen molar-refractivity contribution in [1.82, 2.24) is 9.13 Å². The van der Waals surface area contributed by atoms with E-state index in [9.17, 15) is 5.41 Å². The Hall–Kier alpha value is -8.48. The number of aromatic nitrogens is 2. The van der Waals surface area contributed by atoms with Crippen LogP contribution in [0.4, 0.5) is 5.69 Å². The van der Waals surface area contributed by atoms with Gasteiger partial charge in [-0.2, -0.15) is 4.99 Å². The second-order valence-electron chi connectivity index (χ2n) is 16.4. The van der Waals surface area contributed by atoms with E-state index >= 15 is 0 Å². The molecule has 0 aliphatic carbocycles. The zero-order chi connectivity index (χ0) is 44.3. The van der Waals surface area contributed by atoms with E-state index in [0.717, 1.165) is 84.5 Å². The Kier molecular flexibility index (Phi) is 11.1. The predicted molar refractivity (Wildman–Crippen MR) is 274 cm³/mol. The highest BCUT2D eigenvalue weighted by Gasteiger charge is 2.23. The van der Waals surface area contributed by atoms with Gasteiger partial charge in [0.15, 0.2) is 0 Å². The van der Waals surface area contributed by atoms with Crippen molar-refractivity contribution in [3.05, 3.63) is 241 Å². The summed E-state index contributed by atoms with van der Waals surface area (Å²) in [4.78, 5) is 4.73. The lowest BCUT2D eigenvalue weighted by Gasteiger charge is -2.13. The van der Waals surface area contributed by atoms with E-state index in [0.29, 0.717) is 0 Å². The summed E-state index contributed by atoms with van der Waals surface area (Å²) in [6, 6.07) is 75.2. The SMILES string of the molecule is Cc1ccc(-c2ccccc2)cc1.N=C(/N=C(\N)c1ccccc1)n1c2ccc(N)c(CCc3ccccc3)c2c2cccc(-n3c4ccccc4c4cc(-c5ccccc5)ccc43)c21. The Labute approximate surface area is 378 Å². The first-order valence-corrected chi connectivity index (χ1v) is 22.0. The maximum absolute atomic E-state index is 9.58. The number of nitrogens with one attached hydrogen (secondary N) is 1. The molecular formula is C59H48N6. The third-order valence-corrected chi connectivity index (χ3v) is 12.3. The van der Waals surface area contributed by atoms with Gasteiger partial charge in [-0.3, -0.25) is 9.98 Å². The minimum absolute atomic E-state index is 0.0275. The number of nitrogen functional groups attached to an aromatic ring is 1. The molecule has 9 aromatic carbocycles. The normalized spacial score (nSPS) is 11.6. The van der Waals surface area contributed by atoms with E-state index in [1.165, 1.54) is 27.8 Å². The van der Waals surface area contributed by atoms with Gasteiger partial charge in [0.05, 0.1) is 27.8 Å². The minimum Gasteiger partial charge on any atom is -0.398 e. The van der Waals surface area contributed by atoms with Crippen LogP contribution in [-0.2, 0) is 12.8 Å². The number of aryl methyl sites for hydroxylation is 3. The number of aliphatic imine (C=N–C) groups is 1. The van der Waals surface area contributed by atoms with Crippen LogP contribution in [-0.4, -0.2) is 20.9 Å².